The van der Waals surface area contributed by atoms with E-state index in [0.29, 0.717) is 6.04 Å². The molecule has 2 heterocycles. The van der Waals surface area contributed by atoms with Crippen molar-refractivity contribution >= 4 is 11.3 Å². The maximum absolute atomic E-state index is 9.99. The first kappa shape index (κ1) is 13.5. The molecule has 1 N–H and O–H groups in total. The summed E-state index contributed by atoms with van der Waals surface area (Å²) in [5, 5.41) is 13.5. The van der Waals surface area contributed by atoms with Gasteiger partial charge in [0.1, 0.15) is 0 Å². The van der Waals surface area contributed by atoms with Gasteiger partial charge in [-0.05, 0) is 45.1 Å². The molecule has 1 aliphatic carbocycles. The zero-order valence-corrected chi connectivity index (χ0v) is 12.7. The van der Waals surface area contributed by atoms with Gasteiger partial charge >= 0.3 is 0 Å². The highest BCUT2D eigenvalue weighted by Crippen LogP contribution is 2.41. The second-order valence-corrected chi connectivity index (χ2v) is 7.25. The van der Waals surface area contributed by atoms with Crippen LogP contribution in [0.1, 0.15) is 56.2 Å². The molecular formula is C15H24N2OS. The Bertz CT molecular complexity index is 428. The van der Waals surface area contributed by atoms with Crippen molar-refractivity contribution in [3.63, 3.8) is 0 Å². The lowest BCUT2D eigenvalue weighted by atomic mass is 9.90. The second-order valence-electron chi connectivity index (χ2n) is 6.36. The van der Waals surface area contributed by atoms with E-state index in [2.05, 4.69) is 17.2 Å². The highest BCUT2D eigenvalue weighted by molar-refractivity contribution is 7.09. The number of aliphatic hydroxyl groups is 1. The van der Waals surface area contributed by atoms with Crippen molar-refractivity contribution in [1.82, 2.24) is 9.88 Å². The average Bonchev–Trinajstić information content (AvgIpc) is 3.12. The van der Waals surface area contributed by atoms with Crippen LogP contribution < -0.4 is 0 Å². The fourth-order valence-corrected chi connectivity index (χ4v) is 4.03. The van der Waals surface area contributed by atoms with Gasteiger partial charge in [-0.2, -0.15) is 0 Å². The summed E-state index contributed by atoms with van der Waals surface area (Å²) in [6, 6.07) is 0.301. The van der Waals surface area contributed by atoms with E-state index in [-0.39, 0.29) is 6.10 Å². The number of hydrogen-bond acceptors (Lipinski definition) is 4. The minimum atomic E-state index is -0.246. The lowest BCUT2D eigenvalue weighted by Gasteiger charge is -2.39. The molecule has 0 radical (unpaired) electrons. The smallest absolute Gasteiger partial charge is 0.0959 e. The summed E-state index contributed by atoms with van der Waals surface area (Å²) in [4.78, 5) is 7.20. The minimum absolute atomic E-state index is 0.246. The van der Waals surface area contributed by atoms with E-state index in [1.165, 1.54) is 30.0 Å². The molecule has 3 unspecified atom stereocenters. The fraction of sp³-hybridized carbons (Fsp3) is 0.800. The number of hydrogen-bond donors (Lipinski definition) is 1. The Morgan fingerprint density at radius 3 is 2.95 bits per heavy atom. The van der Waals surface area contributed by atoms with Gasteiger partial charge in [-0.3, -0.25) is 4.90 Å². The zero-order chi connectivity index (χ0) is 13.4. The molecule has 1 saturated carbocycles. The van der Waals surface area contributed by atoms with E-state index < -0.39 is 0 Å². The van der Waals surface area contributed by atoms with Crippen molar-refractivity contribution in [1.29, 1.82) is 0 Å². The third-order valence-corrected chi connectivity index (χ3v) is 5.50. The highest BCUT2D eigenvalue weighted by Gasteiger charge is 2.31. The van der Waals surface area contributed by atoms with Crippen LogP contribution in [0.2, 0.25) is 0 Å². The summed E-state index contributed by atoms with van der Waals surface area (Å²) in [6.45, 7) is 6.21. The largest absolute Gasteiger partial charge is 0.392 e. The van der Waals surface area contributed by atoms with Crippen molar-refractivity contribution in [2.24, 2.45) is 5.92 Å². The monoisotopic (exact) mass is 280 g/mol. The Labute approximate surface area is 119 Å². The number of nitrogens with zero attached hydrogens (tertiary/aromatic N) is 2. The highest BCUT2D eigenvalue weighted by atomic mass is 32.1. The summed E-state index contributed by atoms with van der Waals surface area (Å²) in [5.74, 6) is 1.49. The van der Waals surface area contributed by atoms with E-state index >= 15 is 0 Å². The standard InChI is InChI=1S/C15H24N2OS/c1-10-5-6-17(14(7-10)11(2)18)8-13-9-19-15(16-13)12-3-4-12/h9-12,14,18H,3-8H2,1-2H3. The summed E-state index contributed by atoms with van der Waals surface area (Å²) in [6.07, 6.45) is 4.75. The van der Waals surface area contributed by atoms with E-state index in [1.807, 2.05) is 18.3 Å². The Balaban J connectivity index is 1.65. The predicted molar refractivity (Wildman–Crippen MR) is 78.4 cm³/mol. The first-order valence-corrected chi connectivity index (χ1v) is 8.38. The number of likely N-dealkylation sites (tertiary alicyclic amines) is 1. The summed E-state index contributed by atoms with van der Waals surface area (Å²) in [7, 11) is 0. The van der Waals surface area contributed by atoms with E-state index in [9.17, 15) is 5.11 Å². The number of aromatic nitrogens is 1. The van der Waals surface area contributed by atoms with Gasteiger partial charge < -0.3 is 5.11 Å². The van der Waals surface area contributed by atoms with Crippen LogP contribution in [0.5, 0.6) is 0 Å². The van der Waals surface area contributed by atoms with Gasteiger partial charge in [-0.25, -0.2) is 4.98 Å². The van der Waals surface area contributed by atoms with Crippen molar-refractivity contribution in [3.05, 3.63) is 16.1 Å². The maximum Gasteiger partial charge on any atom is 0.0959 e. The third kappa shape index (κ3) is 3.18. The molecule has 1 aromatic rings. The molecule has 106 valence electrons. The van der Waals surface area contributed by atoms with Crippen molar-refractivity contribution in [2.45, 2.75) is 64.1 Å². The second kappa shape index (κ2) is 5.51. The first-order chi connectivity index (χ1) is 9.13. The number of piperidine rings is 1. The Morgan fingerprint density at radius 1 is 1.47 bits per heavy atom. The van der Waals surface area contributed by atoms with E-state index in [0.717, 1.165) is 31.3 Å². The SMILES string of the molecule is CC1CCN(Cc2csc(C3CC3)n2)C(C(C)O)C1. The lowest BCUT2D eigenvalue weighted by molar-refractivity contribution is 0.0157. The normalized spacial score (nSPS) is 30.5. The van der Waals surface area contributed by atoms with Gasteiger partial charge in [-0.15, -0.1) is 11.3 Å². The van der Waals surface area contributed by atoms with Crippen molar-refractivity contribution < 1.29 is 5.11 Å². The molecule has 19 heavy (non-hydrogen) atoms. The molecule has 2 fully saturated rings. The van der Waals surface area contributed by atoms with Crippen LogP contribution in [0.4, 0.5) is 0 Å². The van der Waals surface area contributed by atoms with Gasteiger partial charge in [0.25, 0.3) is 0 Å². The van der Waals surface area contributed by atoms with Gasteiger partial charge in [0.05, 0.1) is 16.8 Å². The van der Waals surface area contributed by atoms with Gasteiger partial charge in [0, 0.05) is 23.9 Å². The van der Waals surface area contributed by atoms with Crippen LogP contribution >= 0.6 is 11.3 Å². The van der Waals surface area contributed by atoms with Crippen LogP contribution in [0.25, 0.3) is 0 Å². The van der Waals surface area contributed by atoms with Crippen LogP contribution in [0, 0.1) is 5.92 Å². The molecule has 1 aromatic heterocycles. The van der Waals surface area contributed by atoms with Crippen LogP contribution in [0.15, 0.2) is 5.38 Å². The molecule has 0 bridgehead atoms. The topological polar surface area (TPSA) is 36.4 Å². The lowest BCUT2D eigenvalue weighted by Crippen LogP contribution is -2.47. The zero-order valence-electron chi connectivity index (χ0n) is 11.9. The molecule has 0 spiro atoms. The molecule has 1 saturated heterocycles. The molecule has 3 atom stereocenters. The minimum Gasteiger partial charge on any atom is -0.392 e. The molecular weight excluding hydrogens is 256 g/mol. The van der Waals surface area contributed by atoms with Crippen LogP contribution in [-0.4, -0.2) is 33.7 Å². The molecule has 3 nitrogen and oxygen atoms in total. The number of rotatable bonds is 4. The quantitative estimate of drug-likeness (QED) is 0.921. The molecule has 0 amide bonds. The molecule has 1 aliphatic heterocycles. The molecule has 3 rings (SSSR count). The first-order valence-electron chi connectivity index (χ1n) is 7.50. The van der Waals surface area contributed by atoms with Crippen molar-refractivity contribution in [3.8, 4) is 0 Å². The van der Waals surface area contributed by atoms with Gasteiger partial charge in [-0.1, -0.05) is 6.92 Å². The van der Waals surface area contributed by atoms with Gasteiger partial charge in [0.15, 0.2) is 0 Å². The van der Waals surface area contributed by atoms with Gasteiger partial charge in [0.2, 0.25) is 0 Å². The van der Waals surface area contributed by atoms with Crippen LogP contribution in [-0.2, 0) is 6.54 Å². The summed E-state index contributed by atoms with van der Waals surface area (Å²) < 4.78 is 0. The summed E-state index contributed by atoms with van der Waals surface area (Å²) >= 11 is 1.82. The predicted octanol–water partition coefficient (Wildman–Crippen LogP) is 3.00. The third-order valence-electron chi connectivity index (χ3n) is 4.44. The van der Waals surface area contributed by atoms with Crippen molar-refractivity contribution in [2.75, 3.05) is 6.54 Å². The molecule has 0 aromatic carbocycles. The van der Waals surface area contributed by atoms with E-state index in [1.54, 1.807) is 0 Å². The summed E-state index contributed by atoms with van der Waals surface area (Å²) in [5.41, 5.74) is 1.20. The molecule has 4 heteroatoms. The van der Waals surface area contributed by atoms with Crippen LogP contribution in [0.3, 0.4) is 0 Å². The maximum atomic E-state index is 9.99. The van der Waals surface area contributed by atoms with E-state index in [4.69, 9.17) is 4.98 Å². The Hall–Kier alpha value is -0.450. The fourth-order valence-electron chi connectivity index (χ4n) is 3.05. The Morgan fingerprint density at radius 2 is 2.26 bits per heavy atom. The number of thiazole rings is 1. The average molecular weight is 280 g/mol. The molecule has 2 aliphatic rings. The number of aliphatic hydroxyl groups excluding tert-OH is 1. The Kier molecular flexibility index (Phi) is 3.92.